The first kappa shape index (κ1) is 10.6. The second kappa shape index (κ2) is 5.26. The lowest BCUT2D eigenvalue weighted by Gasteiger charge is -2.05. The van der Waals surface area contributed by atoms with E-state index in [4.69, 9.17) is 0 Å². The van der Waals surface area contributed by atoms with Crippen LogP contribution in [0.25, 0.3) is 11.3 Å². The lowest BCUT2D eigenvalue weighted by atomic mass is 10.1. The minimum absolute atomic E-state index is 0.885. The molecule has 3 heteroatoms. The van der Waals surface area contributed by atoms with Crippen molar-refractivity contribution in [1.29, 1.82) is 0 Å². The molecule has 0 fully saturated rings. The maximum atomic E-state index is 4.27. The summed E-state index contributed by atoms with van der Waals surface area (Å²) in [4.78, 5) is 8.45. The number of benzene rings is 1. The second-order valence-electron chi connectivity index (χ2n) is 3.58. The van der Waals surface area contributed by atoms with Crippen molar-refractivity contribution in [1.82, 2.24) is 9.97 Å². The maximum absolute atomic E-state index is 4.27. The van der Waals surface area contributed by atoms with Gasteiger partial charge in [-0.25, -0.2) is 9.97 Å². The summed E-state index contributed by atoms with van der Waals surface area (Å²) in [5.41, 5.74) is 2.07. The van der Waals surface area contributed by atoms with Crippen molar-refractivity contribution in [2.45, 2.75) is 13.3 Å². The SMILES string of the molecule is CCCNc1cc(-c2ccccc2)ncn1. The Bertz CT molecular complexity index is 440. The van der Waals surface area contributed by atoms with Crippen LogP contribution in [0.15, 0.2) is 42.7 Å². The number of hydrogen-bond acceptors (Lipinski definition) is 3. The molecule has 16 heavy (non-hydrogen) atoms. The average molecular weight is 213 g/mol. The van der Waals surface area contributed by atoms with Crippen molar-refractivity contribution in [3.05, 3.63) is 42.7 Å². The molecular weight excluding hydrogens is 198 g/mol. The van der Waals surface area contributed by atoms with Gasteiger partial charge in [-0.2, -0.15) is 0 Å². The Kier molecular flexibility index (Phi) is 3.49. The summed E-state index contributed by atoms with van der Waals surface area (Å²) in [7, 11) is 0. The van der Waals surface area contributed by atoms with Crippen molar-refractivity contribution in [2.24, 2.45) is 0 Å². The molecule has 0 atom stereocenters. The molecule has 0 radical (unpaired) electrons. The molecule has 0 unspecified atom stereocenters. The van der Waals surface area contributed by atoms with Crippen molar-refractivity contribution in [3.63, 3.8) is 0 Å². The topological polar surface area (TPSA) is 37.8 Å². The first-order chi connectivity index (χ1) is 7.90. The molecule has 0 spiro atoms. The molecule has 0 aliphatic heterocycles. The Morgan fingerprint density at radius 2 is 1.94 bits per heavy atom. The number of nitrogens with one attached hydrogen (secondary N) is 1. The summed E-state index contributed by atoms with van der Waals surface area (Å²) >= 11 is 0. The highest BCUT2D eigenvalue weighted by Gasteiger charge is 2.00. The largest absolute Gasteiger partial charge is 0.370 e. The third-order valence-electron chi connectivity index (χ3n) is 2.29. The zero-order valence-electron chi connectivity index (χ0n) is 9.35. The van der Waals surface area contributed by atoms with Crippen LogP contribution in [0, 0.1) is 0 Å². The Hall–Kier alpha value is -1.90. The number of hydrogen-bond donors (Lipinski definition) is 1. The monoisotopic (exact) mass is 213 g/mol. The van der Waals surface area contributed by atoms with Crippen molar-refractivity contribution in [2.75, 3.05) is 11.9 Å². The fourth-order valence-electron chi connectivity index (χ4n) is 1.47. The molecule has 1 aromatic heterocycles. The molecule has 2 rings (SSSR count). The minimum atomic E-state index is 0.885. The molecule has 2 aromatic rings. The van der Waals surface area contributed by atoms with E-state index in [9.17, 15) is 0 Å². The van der Waals surface area contributed by atoms with Gasteiger partial charge in [-0.1, -0.05) is 37.3 Å². The lowest BCUT2D eigenvalue weighted by Crippen LogP contribution is -2.02. The van der Waals surface area contributed by atoms with Crippen LogP contribution in [-0.4, -0.2) is 16.5 Å². The zero-order valence-corrected chi connectivity index (χ0v) is 9.35. The van der Waals surface area contributed by atoms with Gasteiger partial charge in [0, 0.05) is 18.2 Å². The Morgan fingerprint density at radius 1 is 1.12 bits per heavy atom. The van der Waals surface area contributed by atoms with Crippen molar-refractivity contribution >= 4 is 5.82 Å². The molecule has 3 nitrogen and oxygen atoms in total. The lowest BCUT2D eigenvalue weighted by molar-refractivity contribution is 0.965. The molecule has 1 aromatic carbocycles. The highest BCUT2D eigenvalue weighted by atomic mass is 15.0. The standard InChI is InChI=1S/C13H15N3/c1-2-8-14-13-9-12(15-10-16-13)11-6-4-3-5-7-11/h3-7,9-10H,2,8H2,1H3,(H,14,15,16). The highest BCUT2D eigenvalue weighted by molar-refractivity contribution is 5.61. The van der Waals surface area contributed by atoms with E-state index in [0.717, 1.165) is 30.0 Å². The first-order valence-electron chi connectivity index (χ1n) is 5.51. The van der Waals surface area contributed by atoms with E-state index in [1.165, 1.54) is 0 Å². The second-order valence-corrected chi connectivity index (χ2v) is 3.58. The Morgan fingerprint density at radius 3 is 2.69 bits per heavy atom. The molecule has 0 aliphatic rings. The third kappa shape index (κ3) is 2.57. The third-order valence-corrected chi connectivity index (χ3v) is 2.29. The average Bonchev–Trinajstić information content (AvgIpc) is 2.38. The fraction of sp³-hybridized carbons (Fsp3) is 0.231. The van der Waals surface area contributed by atoms with E-state index in [0.29, 0.717) is 0 Å². The van der Waals surface area contributed by atoms with Gasteiger partial charge in [0.15, 0.2) is 0 Å². The van der Waals surface area contributed by atoms with Gasteiger partial charge in [0.25, 0.3) is 0 Å². The van der Waals surface area contributed by atoms with Gasteiger partial charge in [0.2, 0.25) is 0 Å². The van der Waals surface area contributed by atoms with Gasteiger partial charge in [0.1, 0.15) is 12.1 Å². The van der Waals surface area contributed by atoms with Crippen LogP contribution >= 0.6 is 0 Å². The van der Waals surface area contributed by atoms with Crippen LogP contribution in [0.2, 0.25) is 0 Å². The predicted molar refractivity (Wildman–Crippen MR) is 66.2 cm³/mol. The van der Waals surface area contributed by atoms with Crippen LogP contribution in [0.3, 0.4) is 0 Å². The Balaban J connectivity index is 2.22. The summed E-state index contributed by atoms with van der Waals surface area (Å²) in [5.74, 6) is 0.885. The number of nitrogens with zero attached hydrogens (tertiary/aromatic N) is 2. The predicted octanol–water partition coefficient (Wildman–Crippen LogP) is 2.97. The van der Waals surface area contributed by atoms with Gasteiger partial charge >= 0.3 is 0 Å². The summed E-state index contributed by atoms with van der Waals surface area (Å²) in [6.07, 6.45) is 2.69. The van der Waals surface area contributed by atoms with Crippen LogP contribution in [0.4, 0.5) is 5.82 Å². The van der Waals surface area contributed by atoms with Crippen molar-refractivity contribution in [3.8, 4) is 11.3 Å². The van der Waals surface area contributed by atoms with Gasteiger partial charge in [-0.05, 0) is 6.42 Å². The quantitative estimate of drug-likeness (QED) is 0.848. The van der Waals surface area contributed by atoms with Crippen LogP contribution in [-0.2, 0) is 0 Å². The van der Waals surface area contributed by atoms with Crippen LogP contribution in [0.1, 0.15) is 13.3 Å². The van der Waals surface area contributed by atoms with Crippen LogP contribution < -0.4 is 5.32 Å². The van der Waals surface area contributed by atoms with E-state index >= 15 is 0 Å². The van der Waals surface area contributed by atoms with E-state index in [2.05, 4.69) is 22.2 Å². The first-order valence-corrected chi connectivity index (χ1v) is 5.51. The van der Waals surface area contributed by atoms with Gasteiger partial charge in [-0.15, -0.1) is 0 Å². The highest BCUT2D eigenvalue weighted by Crippen LogP contribution is 2.17. The van der Waals surface area contributed by atoms with Crippen molar-refractivity contribution < 1.29 is 0 Å². The van der Waals surface area contributed by atoms with Gasteiger partial charge in [0.05, 0.1) is 5.69 Å². The molecule has 0 aliphatic carbocycles. The smallest absolute Gasteiger partial charge is 0.129 e. The summed E-state index contributed by atoms with van der Waals surface area (Å²) in [5, 5.41) is 3.25. The normalized spacial score (nSPS) is 10.1. The molecular formula is C13H15N3. The maximum Gasteiger partial charge on any atom is 0.129 e. The molecule has 0 saturated carbocycles. The number of aromatic nitrogens is 2. The van der Waals surface area contributed by atoms with E-state index in [1.54, 1.807) is 6.33 Å². The zero-order chi connectivity index (χ0) is 11.2. The molecule has 0 bridgehead atoms. The van der Waals surface area contributed by atoms with E-state index in [-0.39, 0.29) is 0 Å². The number of anilines is 1. The summed E-state index contributed by atoms with van der Waals surface area (Å²) in [6.45, 7) is 3.07. The van der Waals surface area contributed by atoms with E-state index < -0.39 is 0 Å². The Labute approximate surface area is 95.6 Å². The molecule has 0 amide bonds. The molecule has 1 heterocycles. The molecule has 1 N–H and O–H groups in total. The summed E-state index contributed by atoms with van der Waals surface area (Å²) in [6, 6.07) is 12.1. The molecule has 82 valence electrons. The fourth-order valence-corrected chi connectivity index (χ4v) is 1.47. The van der Waals surface area contributed by atoms with Gasteiger partial charge in [-0.3, -0.25) is 0 Å². The van der Waals surface area contributed by atoms with E-state index in [1.807, 2.05) is 36.4 Å². The minimum Gasteiger partial charge on any atom is -0.370 e. The number of rotatable bonds is 4. The summed E-state index contributed by atoms with van der Waals surface area (Å²) < 4.78 is 0. The van der Waals surface area contributed by atoms with Crippen LogP contribution in [0.5, 0.6) is 0 Å². The van der Waals surface area contributed by atoms with Gasteiger partial charge < -0.3 is 5.32 Å². The molecule has 0 saturated heterocycles.